The molecule has 0 amide bonds. The molecule has 1 aliphatic rings. The molecule has 14 heavy (non-hydrogen) atoms. The molecule has 0 spiro atoms. The van der Waals surface area contributed by atoms with Gasteiger partial charge in [-0.1, -0.05) is 54.7 Å². The zero-order valence-electron chi connectivity index (χ0n) is 7.60. The Balaban J connectivity index is 2.64. The summed E-state index contributed by atoms with van der Waals surface area (Å²) in [7, 11) is 0. The summed E-state index contributed by atoms with van der Waals surface area (Å²) >= 11 is 0. The van der Waals surface area contributed by atoms with Crippen LogP contribution in [0.15, 0.2) is 42.5 Å². The van der Waals surface area contributed by atoms with Crippen LogP contribution in [0.25, 0.3) is 12.2 Å². The molecule has 0 saturated carbocycles. The Morgan fingerprint density at radius 2 is 1.71 bits per heavy atom. The first-order chi connectivity index (χ1) is 6.92. The molecule has 0 atom stereocenters. The van der Waals surface area contributed by atoms with E-state index in [4.69, 9.17) is 0 Å². The molecule has 0 aromatic heterocycles. The zero-order chi connectivity index (χ0) is 9.80. The molecule has 1 aromatic rings. The highest BCUT2D eigenvalue weighted by molar-refractivity contribution is 5.86. The van der Waals surface area contributed by atoms with Crippen molar-refractivity contribution in [1.82, 2.24) is 0 Å². The molecule has 0 aliphatic heterocycles. The molecule has 0 bridgehead atoms. The largest absolute Gasteiger partial charge is 0.285 e. The van der Waals surface area contributed by atoms with Crippen LogP contribution in [0.2, 0.25) is 0 Å². The minimum Gasteiger partial charge on any atom is -0.285 e. The second-order valence-electron chi connectivity index (χ2n) is 3.01. The van der Waals surface area contributed by atoms with Crippen molar-refractivity contribution < 1.29 is 4.79 Å². The zero-order valence-corrected chi connectivity index (χ0v) is 7.60. The average molecular weight is 181 g/mol. The van der Waals surface area contributed by atoms with Crippen molar-refractivity contribution in [3.63, 3.8) is 0 Å². The third kappa shape index (κ3) is 1.57. The molecule has 1 radical (unpaired) electrons. The van der Waals surface area contributed by atoms with Crippen LogP contribution in [0.3, 0.4) is 0 Å². The third-order valence-corrected chi connectivity index (χ3v) is 2.12. The van der Waals surface area contributed by atoms with Crippen LogP contribution in [0.1, 0.15) is 16.7 Å². The molecular weight excluding hydrogens is 172 g/mol. The van der Waals surface area contributed by atoms with Gasteiger partial charge in [0.05, 0.1) is 0 Å². The van der Waals surface area contributed by atoms with Crippen LogP contribution in [0.4, 0.5) is 0 Å². The van der Waals surface area contributed by atoms with Crippen LogP contribution < -0.4 is 0 Å². The fraction of sp³-hybridized carbons (Fsp3) is 0. The van der Waals surface area contributed by atoms with E-state index in [1.807, 2.05) is 54.9 Å². The lowest BCUT2D eigenvalue weighted by atomic mass is 10.00. The number of allylic oxidation sites excluding steroid dienone is 4. The van der Waals surface area contributed by atoms with E-state index in [0.717, 1.165) is 11.1 Å². The first-order valence-corrected chi connectivity index (χ1v) is 4.44. The van der Waals surface area contributed by atoms with Crippen molar-refractivity contribution >= 4 is 18.4 Å². The van der Waals surface area contributed by atoms with Crippen LogP contribution in [0.5, 0.6) is 0 Å². The maximum absolute atomic E-state index is 10.7. The molecule has 1 nitrogen and oxygen atoms in total. The molecule has 0 unspecified atom stereocenters. The second-order valence-corrected chi connectivity index (χ2v) is 3.01. The van der Waals surface area contributed by atoms with E-state index in [-0.39, 0.29) is 0 Å². The molecule has 67 valence electrons. The molecule has 0 saturated heterocycles. The van der Waals surface area contributed by atoms with Gasteiger partial charge >= 0.3 is 0 Å². The summed E-state index contributed by atoms with van der Waals surface area (Å²) < 4.78 is 0. The minimum atomic E-state index is 0.610. The first-order valence-electron chi connectivity index (χ1n) is 4.44. The van der Waals surface area contributed by atoms with Crippen molar-refractivity contribution in [2.75, 3.05) is 0 Å². The monoisotopic (exact) mass is 181 g/mol. The van der Waals surface area contributed by atoms with Gasteiger partial charge in [-0.15, -0.1) is 0 Å². The van der Waals surface area contributed by atoms with E-state index < -0.39 is 0 Å². The summed E-state index contributed by atoms with van der Waals surface area (Å²) in [5, 5.41) is 0. The average Bonchev–Trinajstić information content (AvgIpc) is 2.18. The highest BCUT2D eigenvalue weighted by Crippen LogP contribution is 2.18. The highest BCUT2D eigenvalue weighted by Gasteiger charge is 2.03. The third-order valence-electron chi connectivity index (χ3n) is 2.12. The lowest BCUT2D eigenvalue weighted by molar-refractivity contribution is 0.562. The molecule has 2 rings (SSSR count). The second kappa shape index (κ2) is 3.88. The van der Waals surface area contributed by atoms with Gasteiger partial charge in [-0.05, 0) is 11.1 Å². The Labute approximate surface area is 83.1 Å². The van der Waals surface area contributed by atoms with Crippen molar-refractivity contribution in [2.45, 2.75) is 0 Å². The predicted octanol–water partition coefficient (Wildman–Crippen LogP) is 2.74. The Morgan fingerprint density at radius 3 is 2.50 bits per heavy atom. The first kappa shape index (κ1) is 8.70. The molecule has 0 N–H and O–H groups in total. The highest BCUT2D eigenvalue weighted by atomic mass is 16.1. The maximum atomic E-state index is 10.7. The van der Waals surface area contributed by atoms with Gasteiger partial charge < -0.3 is 0 Å². The molecule has 1 aliphatic carbocycles. The van der Waals surface area contributed by atoms with Gasteiger partial charge in [-0.25, -0.2) is 0 Å². The van der Waals surface area contributed by atoms with Crippen LogP contribution in [0, 0.1) is 0 Å². The van der Waals surface area contributed by atoms with E-state index in [9.17, 15) is 4.79 Å². The normalized spacial score (nSPS) is 20.0. The summed E-state index contributed by atoms with van der Waals surface area (Å²) in [6, 6.07) is 5.62. The summed E-state index contributed by atoms with van der Waals surface area (Å²) in [6.07, 6.45) is 13.6. The van der Waals surface area contributed by atoms with Gasteiger partial charge in [0.2, 0.25) is 6.29 Å². The number of hydrogen-bond donors (Lipinski definition) is 0. The number of rotatable bonds is 1. The Hall–Kier alpha value is -1.89. The van der Waals surface area contributed by atoms with Gasteiger partial charge in [0.25, 0.3) is 0 Å². The van der Waals surface area contributed by atoms with Crippen molar-refractivity contribution in [3.8, 4) is 0 Å². The fourth-order valence-electron chi connectivity index (χ4n) is 1.44. The Kier molecular flexibility index (Phi) is 2.41. The number of fused-ring (bicyclic) bond motifs is 1. The lowest BCUT2D eigenvalue weighted by Gasteiger charge is -2.04. The smallest absolute Gasteiger partial charge is 0.234 e. The van der Waals surface area contributed by atoms with E-state index in [1.165, 1.54) is 0 Å². The molecule has 0 fully saturated rings. The minimum absolute atomic E-state index is 0.610. The van der Waals surface area contributed by atoms with Gasteiger partial charge in [0.15, 0.2) is 0 Å². The van der Waals surface area contributed by atoms with Crippen molar-refractivity contribution in [2.24, 2.45) is 0 Å². The standard InChI is InChI=1S/C13H9O/c14-10-12-8-5-7-11-6-3-1-2-4-9-13(11)12/h1-9H/b2-1-,3-1?,4-2?,6-3-,9-4-,11-6?,13-9?. The molecule has 1 aromatic carbocycles. The topological polar surface area (TPSA) is 17.1 Å². The van der Waals surface area contributed by atoms with Crippen molar-refractivity contribution in [1.29, 1.82) is 0 Å². The van der Waals surface area contributed by atoms with Gasteiger partial charge in [-0.2, -0.15) is 0 Å². The maximum Gasteiger partial charge on any atom is 0.234 e. The Morgan fingerprint density at radius 1 is 0.929 bits per heavy atom. The molecule has 0 heterocycles. The molecule has 1 heteroatoms. The van der Waals surface area contributed by atoms with Gasteiger partial charge in [-0.3, -0.25) is 4.79 Å². The lowest BCUT2D eigenvalue weighted by Crippen LogP contribution is -1.90. The van der Waals surface area contributed by atoms with Crippen LogP contribution >= 0.6 is 0 Å². The fourth-order valence-corrected chi connectivity index (χ4v) is 1.44. The number of benzene rings is 1. The summed E-state index contributed by atoms with van der Waals surface area (Å²) in [5.74, 6) is 0. The Bertz CT molecular complexity index is 437. The quantitative estimate of drug-likeness (QED) is 0.651. The predicted molar refractivity (Wildman–Crippen MR) is 58.4 cm³/mol. The summed E-state index contributed by atoms with van der Waals surface area (Å²) in [6.45, 7) is 0. The number of carbonyl (C=O) groups excluding carboxylic acids is 1. The van der Waals surface area contributed by atoms with Crippen LogP contribution in [-0.4, -0.2) is 6.29 Å². The van der Waals surface area contributed by atoms with E-state index >= 15 is 0 Å². The number of hydrogen-bond acceptors (Lipinski definition) is 1. The SMILES string of the molecule is O=[C]c1cccc2c1\C=C/C=C\C=C/2. The summed E-state index contributed by atoms with van der Waals surface area (Å²) in [4.78, 5) is 10.7. The van der Waals surface area contributed by atoms with Gasteiger partial charge in [0, 0.05) is 5.56 Å². The van der Waals surface area contributed by atoms with E-state index in [1.54, 1.807) is 6.07 Å². The molecular formula is C13H9O. The summed E-state index contributed by atoms with van der Waals surface area (Å²) in [5.41, 5.74) is 2.59. The van der Waals surface area contributed by atoms with Crippen LogP contribution in [-0.2, 0) is 4.79 Å². The van der Waals surface area contributed by atoms with E-state index in [0.29, 0.717) is 5.56 Å². The van der Waals surface area contributed by atoms with Crippen molar-refractivity contribution in [3.05, 3.63) is 59.2 Å². The van der Waals surface area contributed by atoms with E-state index in [2.05, 4.69) is 0 Å². The van der Waals surface area contributed by atoms with Gasteiger partial charge in [0.1, 0.15) is 0 Å².